The van der Waals surface area contributed by atoms with E-state index in [1.165, 1.54) is 19.3 Å². The molecule has 0 amide bonds. The van der Waals surface area contributed by atoms with Gasteiger partial charge in [-0.05, 0) is 30.4 Å². The molecule has 0 bridgehead atoms. The molecule has 0 spiro atoms. The van der Waals surface area contributed by atoms with Crippen molar-refractivity contribution in [3.63, 3.8) is 0 Å². The van der Waals surface area contributed by atoms with E-state index in [-0.39, 0.29) is 0 Å². The minimum atomic E-state index is 0.707. The molecule has 24 heavy (non-hydrogen) atoms. The lowest BCUT2D eigenvalue weighted by molar-refractivity contribution is 0.0838. The van der Waals surface area contributed by atoms with Crippen molar-refractivity contribution in [2.24, 2.45) is 0 Å². The van der Waals surface area contributed by atoms with Gasteiger partial charge in [-0.2, -0.15) is 4.98 Å². The molecule has 5 nitrogen and oxygen atoms in total. The van der Waals surface area contributed by atoms with Gasteiger partial charge in [0.15, 0.2) is 5.82 Å². The SMILES string of the molecule is CCc1nc(CN2CCN(C3CCc4ccccc4C3)CC2)no1. The number of benzene rings is 1. The molecular weight excluding hydrogens is 300 g/mol. The van der Waals surface area contributed by atoms with Crippen LogP contribution in [0.1, 0.15) is 36.2 Å². The van der Waals surface area contributed by atoms with Crippen molar-refractivity contribution in [3.8, 4) is 0 Å². The minimum absolute atomic E-state index is 0.707. The molecule has 1 aliphatic heterocycles. The molecule has 0 saturated carbocycles. The van der Waals surface area contributed by atoms with E-state index in [0.29, 0.717) is 6.04 Å². The molecular formula is C19H26N4O. The first-order valence-electron chi connectivity index (χ1n) is 9.16. The summed E-state index contributed by atoms with van der Waals surface area (Å²) < 4.78 is 5.21. The van der Waals surface area contributed by atoms with E-state index >= 15 is 0 Å². The topological polar surface area (TPSA) is 45.4 Å². The average molecular weight is 326 g/mol. The van der Waals surface area contributed by atoms with Crippen LogP contribution in [0.5, 0.6) is 0 Å². The molecule has 128 valence electrons. The second-order valence-corrected chi connectivity index (χ2v) is 6.94. The van der Waals surface area contributed by atoms with Crippen molar-refractivity contribution in [1.29, 1.82) is 0 Å². The Kier molecular flexibility index (Phi) is 4.63. The molecule has 1 atom stereocenters. The van der Waals surface area contributed by atoms with Gasteiger partial charge >= 0.3 is 0 Å². The van der Waals surface area contributed by atoms with Gasteiger partial charge in [0, 0.05) is 38.6 Å². The fourth-order valence-electron chi connectivity index (χ4n) is 3.97. The summed E-state index contributed by atoms with van der Waals surface area (Å²) in [6, 6.07) is 9.64. The lowest BCUT2D eigenvalue weighted by atomic mass is 9.87. The number of nitrogens with zero attached hydrogens (tertiary/aromatic N) is 4. The largest absolute Gasteiger partial charge is 0.339 e. The second kappa shape index (κ2) is 7.03. The van der Waals surface area contributed by atoms with Crippen molar-refractivity contribution >= 4 is 0 Å². The maximum absolute atomic E-state index is 5.21. The summed E-state index contributed by atoms with van der Waals surface area (Å²) in [4.78, 5) is 9.55. The summed E-state index contributed by atoms with van der Waals surface area (Å²) in [5, 5.41) is 4.07. The molecule has 2 aromatic rings. The Bertz CT molecular complexity index is 676. The molecule has 1 aromatic heterocycles. The molecule has 2 aliphatic rings. The third-order valence-electron chi connectivity index (χ3n) is 5.42. The van der Waals surface area contributed by atoms with E-state index in [1.807, 2.05) is 6.92 Å². The lowest BCUT2D eigenvalue weighted by Gasteiger charge is -2.40. The summed E-state index contributed by atoms with van der Waals surface area (Å²) in [7, 11) is 0. The van der Waals surface area contributed by atoms with Crippen molar-refractivity contribution in [1.82, 2.24) is 19.9 Å². The number of piperazine rings is 1. The Morgan fingerprint density at radius 2 is 1.92 bits per heavy atom. The molecule has 4 rings (SSSR count). The predicted molar refractivity (Wildman–Crippen MR) is 92.8 cm³/mol. The van der Waals surface area contributed by atoms with Gasteiger partial charge in [-0.1, -0.05) is 36.3 Å². The van der Waals surface area contributed by atoms with Crippen LogP contribution in [0, 0.1) is 0 Å². The highest BCUT2D eigenvalue weighted by molar-refractivity contribution is 5.30. The van der Waals surface area contributed by atoms with Gasteiger partial charge in [-0.3, -0.25) is 9.80 Å². The highest BCUT2D eigenvalue weighted by Gasteiger charge is 2.27. The fraction of sp³-hybridized carbons (Fsp3) is 0.579. The quantitative estimate of drug-likeness (QED) is 0.863. The number of hydrogen-bond donors (Lipinski definition) is 0. The van der Waals surface area contributed by atoms with Gasteiger partial charge in [0.05, 0.1) is 6.54 Å². The third kappa shape index (κ3) is 3.37. The Hall–Kier alpha value is -1.72. The van der Waals surface area contributed by atoms with Crippen LogP contribution in [0.15, 0.2) is 28.8 Å². The van der Waals surface area contributed by atoms with Gasteiger partial charge in [-0.25, -0.2) is 0 Å². The second-order valence-electron chi connectivity index (χ2n) is 6.94. The van der Waals surface area contributed by atoms with Gasteiger partial charge in [-0.15, -0.1) is 0 Å². The van der Waals surface area contributed by atoms with E-state index in [4.69, 9.17) is 4.52 Å². The zero-order chi connectivity index (χ0) is 16.4. The predicted octanol–water partition coefficient (Wildman–Crippen LogP) is 2.31. The smallest absolute Gasteiger partial charge is 0.226 e. The van der Waals surface area contributed by atoms with E-state index in [2.05, 4.69) is 44.2 Å². The summed E-state index contributed by atoms with van der Waals surface area (Å²) in [5.74, 6) is 1.57. The number of aryl methyl sites for hydroxylation is 2. The molecule has 0 N–H and O–H groups in total. The maximum atomic E-state index is 5.21. The van der Waals surface area contributed by atoms with Crippen LogP contribution in [-0.4, -0.2) is 52.2 Å². The summed E-state index contributed by atoms with van der Waals surface area (Å²) in [6.07, 6.45) is 4.54. The zero-order valence-corrected chi connectivity index (χ0v) is 14.4. The van der Waals surface area contributed by atoms with Crippen LogP contribution >= 0.6 is 0 Å². The fourth-order valence-corrected chi connectivity index (χ4v) is 3.97. The first kappa shape index (κ1) is 15.8. The first-order chi connectivity index (χ1) is 11.8. The third-order valence-corrected chi connectivity index (χ3v) is 5.42. The Morgan fingerprint density at radius 1 is 1.12 bits per heavy atom. The number of fused-ring (bicyclic) bond motifs is 1. The van der Waals surface area contributed by atoms with Crippen LogP contribution in [0.4, 0.5) is 0 Å². The van der Waals surface area contributed by atoms with Crippen molar-refractivity contribution < 1.29 is 4.52 Å². The Labute approximate surface area is 143 Å². The number of rotatable bonds is 4. The summed E-state index contributed by atoms with van der Waals surface area (Å²) in [6.45, 7) is 7.32. The monoisotopic (exact) mass is 326 g/mol. The summed E-state index contributed by atoms with van der Waals surface area (Å²) >= 11 is 0. The van der Waals surface area contributed by atoms with E-state index in [0.717, 1.165) is 50.9 Å². The molecule has 0 radical (unpaired) electrons. The van der Waals surface area contributed by atoms with Crippen LogP contribution in [-0.2, 0) is 25.8 Å². The van der Waals surface area contributed by atoms with E-state index in [1.54, 1.807) is 11.1 Å². The minimum Gasteiger partial charge on any atom is -0.339 e. The van der Waals surface area contributed by atoms with Crippen molar-refractivity contribution in [2.45, 2.75) is 45.2 Å². The molecule has 1 saturated heterocycles. The highest BCUT2D eigenvalue weighted by atomic mass is 16.5. The van der Waals surface area contributed by atoms with E-state index < -0.39 is 0 Å². The van der Waals surface area contributed by atoms with Crippen molar-refractivity contribution in [2.75, 3.05) is 26.2 Å². The van der Waals surface area contributed by atoms with Crippen LogP contribution < -0.4 is 0 Å². The molecule has 1 fully saturated rings. The van der Waals surface area contributed by atoms with Crippen LogP contribution in [0.25, 0.3) is 0 Å². The molecule has 2 heterocycles. The van der Waals surface area contributed by atoms with Gasteiger partial charge in [0.25, 0.3) is 0 Å². The zero-order valence-electron chi connectivity index (χ0n) is 14.4. The molecule has 1 aromatic carbocycles. The number of aromatic nitrogens is 2. The highest BCUT2D eigenvalue weighted by Crippen LogP contribution is 2.25. The molecule has 5 heteroatoms. The van der Waals surface area contributed by atoms with Gasteiger partial charge in [0.2, 0.25) is 5.89 Å². The molecule has 1 unspecified atom stereocenters. The van der Waals surface area contributed by atoms with Crippen LogP contribution in [0.3, 0.4) is 0 Å². The molecule has 1 aliphatic carbocycles. The Balaban J connectivity index is 1.30. The number of hydrogen-bond acceptors (Lipinski definition) is 5. The normalized spacial score (nSPS) is 22.5. The standard InChI is InChI=1S/C19H26N4O/c1-2-19-20-18(21-24-19)14-22-9-11-23(12-10-22)17-8-7-15-5-3-4-6-16(15)13-17/h3-6,17H,2,7-14H2,1H3. The lowest BCUT2D eigenvalue weighted by Crippen LogP contribution is -2.51. The van der Waals surface area contributed by atoms with E-state index in [9.17, 15) is 0 Å². The van der Waals surface area contributed by atoms with Gasteiger partial charge in [0.1, 0.15) is 0 Å². The first-order valence-corrected chi connectivity index (χ1v) is 9.16. The summed E-state index contributed by atoms with van der Waals surface area (Å²) in [5.41, 5.74) is 3.10. The van der Waals surface area contributed by atoms with Crippen molar-refractivity contribution in [3.05, 3.63) is 47.1 Å². The van der Waals surface area contributed by atoms with Crippen LogP contribution in [0.2, 0.25) is 0 Å². The Morgan fingerprint density at radius 3 is 2.67 bits per heavy atom. The van der Waals surface area contributed by atoms with Gasteiger partial charge < -0.3 is 4.52 Å². The average Bonchev–Trinajstić information content (AvgIpc) is 3.09. The maximum Gasteiger partial charge on any atom is 0.226 e.